The van der Waals surface area contributed by atoms with Crippen molar-refractivity contribution in [2.75, 3.05) is 6.54 Å². The molecule has 0 saturated carbocycles. The third-order valence-corrected chi connectivity index (χ3v) is 4.73. The monoisotopic (exact) mass is 273 g/mol. The number of hydrogen-bond acceptors (Lipinski definition) is 2. The second-order valence-corrected chi connectivity index (χ2v) is 6.16. The maximum atomic E-state index is 3.63. The van der Waals surface area contributed by atoms with E-state index in [4.69, 9.17) is 0 Å². The van der Waals surface area contributed by atoms with E-state index in [-0.39, 0.29) is 0 Å². The van der Waals surface area contributed by atoms with Crippen molar-refractivity contribution >= 4 is 11.3 Å². The van der Waals surface area contributed by atoms with Gasteiger partial charge in [0.05, 0.1) is 0 Å². The molecule has 0 aliphatic carbocycles. The van der Waals surface area contributed by atoms with Crippen LogP contribution in [0.5, 0.6) is 0 Å². The third-order valence-electron chi connectivity index (χ3n) is 3.60. The highest BCUT2D eigenvalue weighted by molar-refractivity contribution is 7.10. The van der Waals surface area contributed by atoms with Crippen LogP contribution < -0.4 is 5.32 Å². The molecule has 2 heteroatoms. The first-order valence-electron chi connectivity index (χ1n) is 6.95. The van der Waals surface area contributed by atoms with E-state index >= 15 is 0 Å². The molecule has 2 aromatic rings. The normalized spacial score (nSPS) is 12.6. The first-order valence-corrected chi connectivity index (χ1v) is 7.83. The molecular formula is C17H23NS. The Morgan fingerprint density at radius 2 is 1.89 bits per heavy atom. The summed E-state index contributed by atoms with van der Waals surface area (Å²) < 4.78 is 0. The van der Waals surface area contributed by atoms with Gasteiger partial charge in [-0.15, -0.1) is 11.3 Å². The summed E-state index contributed by atoms with van der Waals surface area (Å²) in [5.74, 6) is 0. The Morgan fingerprint density at radius 3 is 2.53 bits per heavy atom. The Hall–Kier alpha value is -1.12. The number of nitrogens with one attached hydrogen (secondary N) is 1. The van der Waals surface area contributed by atoms with Crippen molar-refractivity contribution in [3.63, 3.8) is 0 Å². The van der Waals surface area contributed by atoms with Crippen molar-refractivity contribution in [2.24, 2.45) is 0 Å². The minimum absolute atomic E-state index is 0.436. The van der Waals surface area contributed by atoms with Crippen molar-refractivity contribution in [1.82, 2.24) is 5.32 Å². The van der Waals surface area contributed by atoms with Crippen LogP contribution in [-0.4, -0.2) is 6.54 Å². The molecule has 1 unspecified atom stereocenters. The van der Waals surface area contributed by atoms with Gasteiger partial charge in [-0.25, -0.2) is 0 Å². The van der Waals surface area contributed by atoms with Crippen LogP contribution in [0.15, 0.2) is 29.6 Å². The number of hydrogen-bond donors (Lipinski definition) is 1. The van der Waals surface area contributed by atoms with Gasteiger partial charge in [-0.3, -0.25) is 0 Å². The minimum atomic E-state index is 0.436. The van der Waals surface area contributed by atoms with E-state index in [0.717, 1.165) is 13.0 Å². The number of benzene rings is 1. The Bertz CT molecular complexity index is 542. The number of rotatable bonds is 5. The van der Waals surface area contributed by atoms with Crippen LogP contribution in [0.1, 0.15) is 40.1 Å². The number of aryl methyl sites for hydroxylation is 3. The second-order valence-electron chi connectivity index (χ2n) is 5.21. The summed E-state index contributed by atoms with van der Waals surface area (Å²) in [5.41, 5.74) is 5.60. The van der Waals surface area contributed by atoms with E-state index in [9.17, 15) is 0 Å². The zero-order valence-corrected chi connectivity index (χ0v) is 13.1. The summed E-state index contributed by atoms with van der Waals surface area (Å²) in [6.07, 6.45) is 1.07. The minimum Gasteiger partial charge on any atom is -0.309 e. The molecule has 0 aliphatic rings. The maximum absolute atomic E-state index is 3.63. The Morgan fingerprint density at radius 1 is 1.11 bits per heavy atom. The van der Waals surface area contributed by atoms with Crippen LogP contribution in [-0.2, 0) is 6.42 Å². The molecule has 0 saturated heterocycles. The molecule has 0 radical (unpaired) electrons. The quantitative estimate of drug-likeness (QED) is 0.841. The van der Waals surface area contributed by atoms with Gasteiger partial charge >= 0.3 is 0 Å². The van der Waals surface area contributed by atoms with Crippen molar-refractivity contribution in [3.05, 3.63) is 56.8 Å². The molecule has 0 amide bonds. The summed E-state index contributed by atoms with van der Waals surface area (Å²) >= 11 is 1.86. The van der Waals surface area contributed by atoms with Crippen LogP contribution in [0.25, 0.3) is 0 Å². The van der Waals surface area contributed by atoms with E-state index in [0.29, 0.717) is 6.04 Å². The molecule has 19 heavy (non-hydrogen) atoms. The molecule has 1 aromatic carbocycles. The standard InChI is InChI=1S/C17H23NS/c1-5-18-16(17-14(4)8-9-19-17)11-15-10-12(2)6-7-13(15)3/h6-10,16,18H,5,11H2,1-4H3. The zero-order chi connectivity index (χ0) is 13.8. The van der Waals surface area contributed by atoms with Crippen molar-refractivity contribution in [2.45, 2.75) is 40.2 Å². The largest absolute Gasteiger partial charge is 0.309 e. The lowest BCUT2D eigenvalue weighted by Gasteiger charge is -2.19. The maximum Gasteiger partial charge on any atom is 0.0458 e. The molecule has 0 spiro atoms. The molecule has 0 aliphatic heterocycles. The summed E-state index contributed by atoms with van der Waals surface area (Å²) in [6, 6.07) is 9.40. The van der Waals surface area contributed by atoms with Gasteiger partial charge in [-0.2, -0.15) is 0 Å². The molecule has 1 nitrogen and oxygen atoms in total. The van der Waals surface area contributed by atoms with Crippen molar-refractivity contribution < 1.29 is 0 Å². The van der Waals surface area contributed by atoms with Gasteiger partial charge in [0.25, 0.3) is 0 Å². The SMILES string of the molecule is CCNC(Cc1cc(C)ccc1C)c1sccc1C. The first-order chi connectivity index (χ1) is 9.11. The lowest BCUT2D eigenvalue weighted by atomic mass is 9.97. The van der Waals surface area contributed by atoms with Crippen LogP contribution in [0.2, 0.25) is 0 Å². The van der Waals surface area contributed by atoms with Crippen molar-refractivity contribution in [1.29, 1.82) is 0 Å². The van der Waals surface area contributed by atoms with Crippen LogP contribution >= 0.6 is 11.3 Å². The van der Waals surface area contributed by atoms with Gasteiger partial charge < -0.3 is 5.32 Å². The summed E-state index contributed by atoms with van der Waals surface area (Å²) in [5, 5.41) is 5.82. The number of thiophene rings is 1. The van der Waals surface area contributed by atoms with Crippen LogP contribution in [0, 0.1) is 20.8 Å². The Labute approximate surface area is 120 Å². The number of likely N-dealkylation sites (N-methyl/N-ethyl adjacent to an activating group) is 1. The molecule has 1 N–H and O–H groups in total. The fraction of sp³-hybridized carbons (Fsp3) is 0.412. The molecular weight excluding hydrogens is 250 g/mol. The van der Waals surface area contributed by atoms with E-state index in [1.54, 1.807) is 0 Å². The first kappa shape index (κ1) is 14.3. The molecule has 0 bridgehead atoms. The Balaban J connectivity index is 2.26. The molecule has 0 fully saturated rings. The lowest BCUT2D eigenvalue weighted by Crippen LogP contribution is -2.23. The predicted molar refractivity (Wildman–Crippen MR) is 85.1 cm³/mol. The molecule has 1 heterocycles. The van der Waals surface area contributed by atoms with Gasteiger partial charge in [0.15, 0.2) is 0 Å². The van der Waals surface area contributed by atoms with Gasteiger partial charge in [0.1, 0.15) is 0 Å². The van der Waals surface area contributed by atoms with E-state index in [2.05, 4.69) is 62.7 Å². The second kappa shape index (κ2) is 6.36. The van der Waals surface area contributed by atoms with Gasteiger partial charge in [0, 0.05) is 10.9 Å². The average molecular weight is 273 g/mol. The van der Waals surface area contributed by atoms with E-state index in [1.807, 2.05) is 11.3 Å². The highest BCUT2D eigenvalue weighted by Crippen LogP contribution is 2.28. The highest BCUT2D eigenvalue weighted by Gasteiger charge is 2.15. The average Bonchev–Trinajstić information content (AvgIpc) is 2.79. The molecule has 1 atom stereocenters. The van der Waals surface area contributed by atoms with Crippen LogP contribution in [0.3, 0.4) is 0 Å². The Kier molecular flexibility index (Phi) is 4.78. The lowest BCUT2D eigenvalue weighted by molar-refractivity contribution is 0.555. The van der Waals surface area contributed by atoms with E-state index in [1.165, 1.54) is 27.1 Å². The fourth-order valence-electron chi connectivity index (χ4n) is 2.49. The zero-order valence-electron chi connectivity index (χ0n) is 12.3. The molecule has 1 aromatic heterocycles. The molecule has 102 valence electrons. The van der Waals surface area contributed by atoms with E-state index < -0.39 is 0 Å². The van der Waals surface area contributed by atoms with Gasteiger partial charge in [-0.1, -0.05) is 30.7 Å². The van der Waals surface area contributed by atoms with Gasteiger partial charge in [-0.05, 0) is 61.9 Å². The predicted octanol–water partition coefficient (Wildman–Crippen LogP) is 4.57. The molecule has 2 rings (SSSR count). The summed E-state index contributed by atoms with van der Waals surface area (Å²) in [6.45, 7) is 9.77. The van der Waals surface area contributed by atoms with Crippen LogP contribution in [0.4, 0.5) is 0 Å². The summed E-state index contributed by atoms with van der Waals surface area (Å²) in [4.78, 5) is 1.47. The van der Waals surface area contributed by atoms with Gasteiger partial charge in [0.2, 0.25) is 0 Å². The highest BCUT2D eigenvalue weighted by atomic mass is 32.1. The smallest absolute Gasteiger partial charge is 0.0458 e. The topological polar surface area (TPSA) is 12.0 Å². The fourth-order valence-corrected chi connectivity index (χ4v) is 3.49. The van der Waals surface area contributed by atoms with Crippen molar-refractivity contribution in [3.8, 4) is 0 Å². The third kappa shape index (κ3) is 3.46. The summed E-state index contributed by atoms with van der Waals surface area (Å²) in [7, 11) is 0.